The second kappa shape index (κ2) is 8.55. The van der Waals surface area contributed by atoms with Gasteiger partial charge in [-0.3, -0.25) is 0 Å². The molecule has 0 aliphatic carbocycles. The smallest absolute Gasteiger partial charge is 0.179 e. The Morgan fingerprint density at radius 3 is 2.87 bits per heavy atom. The molecular weight excluding hydrogens is 318 g/mol. The first-order valence-corrected chi connectivity index (χ1v) is 7.70. The van der Waals surface area contributed by atoms with E-state index < -0.39 is 0 Å². The normalized spacial score (nSPS) is 10.4. The van der Waals surface area contributed by atoms with Gasteiger partial charge in [0, 0.05) is 18.3 Å². The van der Waals surface area contributed by atoms with Crippen LogP contribution in [0.5, 0.6) is 11.5 Å². The lowest BCUT2D eigenvalue weighted by Crippen LogP contribution is -2.06. The van der Waals surface area contributed by atoms with Crippen LogP contribution in [-0.2, 0) is 13.2 Å². The van der Waals surface area contributed by atoms with E-state index in [9.17, 15) is 5.11 Å². The summed E-state index contributed by atoms with van der Waals surface area (Å²) in [6.07, 6.45) is 3.89. The topological polar surface area (TPSA) is 76.5 Å². The molecule has 0 radical (unpaired) electrons. The monoisotopic (exact) mass is 337 g/mol. The first-order chi connectivity index (χ1) is 11.2. The number of aliphatic hydroxyl groups is 1. The number of halogens is 1. The van der Waals surface area contributed by atoms with Gasteiger partial charge in [0.2, 0.25) is 0 Å². The number of aromatic nitrogens is 2. The first kappa shape index (κ1) is 17.3. The highest BCUT2D eigenvalue weighted by atomic mass is 35.5. The van der Waals surface area contributed by atoms with Gasteiger partial charge < -0.3 is 19.9 Å². The Labute approximate surface area is 140 Å². The zero-order valence-corrected chi connectivity index (χ0v) is 13.9. The molecule has 0 saturated heterocycles. The summed E-state index contributed by atoms with van der Waals surface area (Å²) in [5.74, 6) is 1.73. The number of ether oxygens (including phenoxy) is 2. The van der Waals surface area contributed by atoms with Crippen LogP contribution in [-0.4, -0.2) is 28.8 Å². The molecule has 0 unspecified atom stereocenters. The maximum Gasteiger partial charge on any atom is 0.179 e. The molecule has 2 rings (SSSR count). The summed E-state index contributed by atoms with van der Waals surface area (Å²) in [4.78, 5) is 8.00. The van der Waals surface area contributed by atoms with Crippen molar-refractivity contribution in [2.75, 3.05) is 19.0 Å². The van der Waals surface area contributed by atoms with E-state index in [1.807, 2.05) is 19.1 Å². The van der Waals surface area contributed by atoms with Crippen molar-refractivity contribution in [1.82, 2.24) is 9.97 Å². The minimum atomic E-state index is -0.128. The largest absolute Gasteiger partial charge is 0.493 e. The Morgan fingerprint density at radius 1 is 1.35 bits per heavy atom. The van der Waals surface area contributed by atoms with Crippen molar-refractivity contribution in [3.63, 3.8) is 0 Å². The lowest BCUT2D eigenvalue weighted by atomic mass is 10.2. The minimum Gasteiger partial charge on any atom is -0.493 e. The van der Waals surface area contributed by atoms with E-state index in [4.69, 9.17) is 21.1 Å². The molecule has 23 heavy (non-hydrogen) atoms. The molecule has 124 valence electrons. The summed E-state index contributed by atoms with van der Waals surface area (Å²) < 4.78 is 11.0. The number of nitrogens with zero attached hydrogens (tertiary/aromatic N) is 2. The summed E-state index contributed by atoms with van der Waals surface area (Å²) in [6.45, 7) is 2.96. The van der Waals surface area contributed by atoms with Crippen LogP contribution in [0.3, 0.4) is 0 Å². The Hall–Kier alpha value is -2.05. The number of aliphatic hydroxyl groups excluding tert-OH is 1. The fraction of sp³-hybridized carbons (Fsp3) is 0.375. The summed E-state index contributed by atoms with van der Waals surface area (Å²) in [7, 11) is 1.58. The number of hydrogen-bond acceptors (Lipinski definition) is 6. The van der Waals surface area contributed by atoms with E-state index in [1.165, 1.54) is 6.33 Å². The molecule has 0 amide bonds. The van der Waals surface area contributed by atoms with Crippen LogP contribution in [0.2, 0.25) is 5.02 Å². The predicted octanol–water partition coefficient (Wildman–Crippen LogP) is 3.03. The number of rotatable bonds is 8. The van der Waals surface area contributed by atoms with Crippen LogP contribution in [0.4, 0.5) is 5.82 Å². The van der Waals surface area contributed by atoms with Crippen LogP contribution in [0.1, 0.15) is 24.5 Å². The minimum absolute atomic E-state index is 0.128. The fourth-order valence-electron chi connectivity index (χ4n) is 2.04. The van der Waals surface area contributed by atoms with Crippen molar-refractivity contribution < 1.29 is 14.6 Å². The van der Waals surface area contributed by atoms with Crippen molar-refractivity contribution in [2.45, 2.75) is 26.5 Å². The highest BCUT2D eigenvalue weighted by Gasteiger charge is 2.12. The van der Waals surface area contributed by atoms with Gasteiger partial charge in [0.1, 0.15) is 12.1 Å². The van der Waals surface area contributed by atoms with Gasteiger partial charge in [-0.15, -0.1) is 0 Å². The van der Waals surface area contributed by atoms with Crippen molar-refractivity contribution >= 4 is 17.4 Å². The Balaban J connectivity index is 2.15. The van der Waals surface area contributed by atoms with Gasteiger partial charge in [-0.1, -0.05) is 18.5 Å². The van der Waals surface area contributed by atoms with Crippen molar-refractivity contribution in [3.05, 3.63) is 40.8 Å². The van der Waals surface area contributed by atoms with Crippen LogP contribution < -0.4 is 14.8 Å². The molecule has 0 spiro atoms. The van der Waals surface area contributed by atoms with Crippen molar-refractivity contribution in [1.29, 1.82) is 0 Å². The molecule has 7 heteroatoms. The fourth-order valence-corrected chi connectivity index (χ4v) is 2.33. The van der Waals surface area contributed by atoms with E-state index in [0.717, 1.165) is 12.0 Å². The number of benzene rings is 1. The lowest BCUT2D eigenvalue weighted by molar-refractivity contribution is 0.281. The molecule has 1 aromatic carbocycles. The summed E-state index contributed by atoms with van der Waals surface area (Å²) in [5, 5.41) is 12.9. The lowest BCUT2D eigenvalue weighted by Gasteiger charge is -2.14. The predicted molar refractivity (Wildman–Crippen MR) is 89.1 cm³/mol. The molecule has 0 atom stereocenters. The molecule has 1 heterocycles. The molecule has 0 fully saturated rings. The molecular formula is C16H20ClN3O3. The van der Waals surface area contributed by atoms with Gasteiger partial charge in [-0.05, 0) is 24.1 Å². The van der Waals surface area contributed by atoms with Gasteiger partial charge in [-0.25, -0.2) is 9.97 Å². The zero-order valence-electron chi connectivity index (χ0n) is 13.2. The number of anilines is 1. The van der Waals surface area contributed by atoms with Crippen LogP contribution >= 0.6 is 11.6 Å². The third-order valence-electron chi connectivity index (χ3n) is 3.16. The quantitative estimate of drug-likeness (QED) is 0.771. The maximum absolute atomic E-state index is 9.28. The number of hydrogen-bond donors (Lipinski definition) is 2. The van der Waals surface area contributed by atoms with Gasteiger partial charge in [0.15, 0.2) is 11.5 Å². The van der Waals surface area contributed by atoms with Gasteiger partial charge in [-0.2, -0.15) is 0 Å². The van der Waals surface area contributed by atoms with Crippen molar-refractivity contribution in [3.8, 4) is 11.5 Å². The average molecular weight is 338 g/mol. The van der Waals surface area contributed by atoms with E-state index in [0.29, 0.717) is 41.1 Å². The SMILES string of the molecule is CCCOc1c(Cl)cc(CNc2ncncc2CO)cc1OC. The van der Waals surface area contributed by atoms with E-state index in [1.54, 1.807) is 13.3 Å². The molecule has 0 saturated carbocycles. The maximum atomic E-state index is 9.28. The van der Waals surface area contributed by atoms with Gasteiger partial charge >= 0.3 is 0 Å². The standard InChI is InChI=1S/C16H20ClN3O3/c1-3-4-23-15-13(17)5-11(6-14(15)22-2)7-19-16-12(9-21)8-18-10-20-16/h5-6,8,10,21H,3-4,7,9H2,1-2H3,(H,18,19,20). The molecule has 0 aliphatic heterocycles. The highest BCUT2D eigenvalue weighted by molar-refractivity contribution is 6.32. The van der Waals surface area contributed by atoms with E-state index in [-0.39, 0.29) is 6.61 Å². The third kappa shape index (κ3) is 4.46. The van der Waals surface area contributed by atoms with E-state index >= 15 is 0 Å². The summed E-state index contributed by atoms with van der Waals surface area (Å²) in [5.41, 5.74) is 1.55. The molecule has 1 aromatic heterocycles. The molecule has 0 bridgehead atoms. The van der Waals surface area contributed by atoms with Gasteiger partial charge in [0.25, 0.3) is 0 Å². The highest BCUT2D eigenvalue weighted by Crippen LogP contribution is 2.36. The Kier molecular flexibility index (Phi) is 6.43. The van der Waals surface area contributed by atoms with E-state index in [2.05, 4.69) is 15.3 Å². The molecule has 2 aromatic rings. The van der Waals surface area contributed by atoms with Crippen molar-refractivity contribution in [2.24, 2.45) is 0 Å². The molecule has 6 nitrogen and oxygen atoms in total. The average Bonchev–Trinajstić information content (AvgIpc) is 2.58. The molecule has 0 aliphatic rings. The first-order valence-electron chi connectivity index (χ1n) is 7.32. The van der Waals surface area contributed by atoms with Crippen LogP contribution in [0, 0.1) is 0 Å². The van der Waals surface area contributed by atoms with Crippen LogP contribution in [0.15, 0.2) is 24.7 Å². The Morgan fingerprint density at radius 2 is 2.17 bits per heavy atom. The summed E-state index contributed by atoms with van der Waals surface area (Å²) >= 11 is 6.29. The van der Waals surface area contributed by atoms with Crippen LogP contribution in [0.25, 0.3) is 0 Å². The molecule has 2 N–H and O–H groups in total. The third-order valence-corrected chi connectivity index (χ3v) is 3.44. The zero-order chi connectivity index (χ0) is 16.7. The second-order valence-corrected chi connectivity index (χ2v) is 5.27. The number of nitrogens with one attached hydrogen (secondary N) is 1. The van der Waals surface area contributed by atoms with Gasteiger partial charge in [0.05, 0.1) is 25.3 Å². The summed E-state index contributed by atoms with van der Waals surface area (Å²) in [6, 6.07) is 3.69. The Bertz CT molecular complexity index is 652. The number of methoxy groups -OCH3 is 1. The second-order valence-electron chi connectivity index (χ2n) is 4.87.